The van der Waals surface area contributed by atoms with Crippen LogP contribution >= 0.6 is 28.1 Å². The molecule has 5 nitrogen and oxygen atoms in total. The maximum absolute atomic E-state index is 12.5. The van der Waals surface area contributed by atoms with E-state index in [1.54, 1.807) is 17.0 Å². The van der Waals surface area contributed by atoms with Gasteiger partial charge < -0.3 is 15.7 Å². The summed E-state index contributed by atoms with van der Waals surface area (Å²) >= 11 is 8.32. The first-order valence-electron chi connectivity index (χ1n) is 6.71. The molecule has 0 radical (unpaired) electrons. The highest BCUT2D eigenvalue weighted by Gasteiger charge is 2.26. The summed E-state index contributed by atoms with van der Waals surface area (Å²) in [4.78, 5) is 16.8. The molecule has 1 atom stereocenters. The number of phenolic OH excluding ortho intramolecular Hbond substituents is 1. The third kappa shape index (κ3) is 3.72. The van der Waals surface area contributed by atoms with Crippen molar-refractivity contribution < 1.29 is 9.90 Å². The van der Waals surface area contributed by atoms with Crippen LogP contribution in [-0.4, -0.2) is 58.0 Å². The van der Waals surface area contributed by atoms with Gasteiger partial charge in [-0.25, -0.2) is 0 Å². The molecule has 7 heteroatoms. The van der Waals surface area contributed by atoms with Crippen LogP contribution in [0.4, 0.5) is 0 Å². The number of carbonyl (C=O) groups is 1. The van der Waals surface area contributed by atoms with E-state index < -0.39 is 0 Å². The molecule has 1 aromatic carbocycles. The van der Waals surface area contributed by atoms with Gasteiger partial charge in [-0.05, 0) is 25.1 Å². The van der Waals surface area contributed by atoms with Gasteiger partial charge in [-0.3, -0.25) is 9.69 Å². The zero-order valence-electron chi connectivity index (χ0n) is 11.8. The zero-order valence-corrected chi connectivity index (χ0v) is 14.2. The van der Waals surface area contributed by atoms with Crippen LogP contribution in [0.2, 0.25) is 0 Å². The van der Waals surface area contributed by atoms with Crippen LogP contribution in [0.3, 0.4) is 0 Å². The van der Waals surface area contributed by atoms with E-state index in [1.165, 1.54) is 6.07 Å². The third-order valence-electron chi connectivity index (χ3n) is 3.75. The van der Waals surface area contributed by atoms with Crippen molar-refractivity contribution in [2.75, 3.05) is 26.2 Å². The number of aromatic hydroxyl groups is 1. The molecule has 1 heterocycles. The monoisotopic (exact) mass is 371 g/mol. The lowest BCUT2D eigenvalue weighted by molar-refractivity contribution is 0.0619. The topological polar surface area (TPSA) is 69.8 Å². The average molecular weight is 372 g/mol. The second-order valence-corrected chi connectivity index (χ2v) is 6.46. The molecule has 1 saturated heterocycles. The van der Waals surface area contributed by atoms with Gasteiger partial charge in [0.1, 0.15) is 5.75 Å². The molecule has 0 bridgehead atoms. The fraction of sp³-hybridized carbons (Fsp3) is 0.429. The highest BCUT2D eigenvalue weighted by molar-refractivity contribution is 9.10. The molecule has 1 aliphatic rings. The number of rotatable bonds is 3. The molecule has 1 unspecified atom stereocenters. The molecule has 0 aliphatic carbocycles. The Labute approximate surface area is 137 Å². The molecule has 0 spiro atoms. The second-order valence-electron chi connectivity index (χ2n) is 5.07. The van der Waals surface area contributed by atoms with Crippen LogP contribution in [0, 0.1) is 0 Å². The lowest BCUT2D eigenvalue weighted by Gasteiger charge is -2.37. The van der Waals surface area contributed by atoms with Gasteiger partial charge in [0.2, 0.25) is 0 Å². The number of hydrogen-bond acceptors (Lipinski definition) is 4. The minimum atomic E-state index is -0.156. The van der Waals surface area contributed by atoms with Crippen molar-refractivity contribution in [2.24, 2.45) is 5.73 Å². The average Bonchev–Trinajstić information content (AvgIpc) is 2.48. The molecular weight excluding hydrogens is 354 g/mol. The number of thiocarbonyl (C=S) groups is 1. The number of benzene rings is 1. The predicted octanol–water partition coefficient (Wildman–Crippen LogP) is 1.59. The van der Waals surface area contributed by atoms with Crippen molar-refractivity contribution in [1.82, 2.24) is 9.80 Å². The molecule has 114 valence electrons. The van der Waals surface area contributed by atoms with E-state index in [0.29, 0.717) is 23.6 Å². The maximum Gasteiger partial charge on any atom is 0.257 e. The largest absolute Gasteiger partial charge is 0.507 e. The Bertz CT molecular complexity index is 559. The molecule has 2 rings (SSSR count). The first-order chi connectivity index (χ1) is 9.90. The summed E-state index contributed by atoms with van der Waals surface area (Å²) in [7, 11) is 0. The van der Waals surface area contributed by atoms with Crippen LogP contribution in [0.25, 0.3) is 0 Å². The maximum atomic E-state index is 12.5. The van der Waals surface area contributed by atoms with E-state index in [4.69, 9.17) is 18.0 Å². The summed E-state index contributed by atoms with van der Waals surface area (Å²) in [6, 6.07) is 4.90. The van der Waals surface area contributed by atoms with Crippen molar-refractivity contribution >= 4 is 39.0 Å². The van der Waals surface area contributed by atoms with Crippen molar-refractivity contribution in [3.05, 3.63) is 28.2 Å². The van der Waals surface area contributed by atoms with E-state index in [2.05, 4.69) is 20.8 Å². The fourth-order valence-corrected chi connectivity index (χ4v) is 2.85. The van der Waals surface area contributed by atoms with Gasteiger partial charge in [0.25, 0.3) is 5.91 Å². The van der Waals surface area contributed by atoms with Crippen LogP contribution < -0.4 is 5.73 Å². The Balaban J connectivity index is 2.03. The van der Waals surface area contributed by atoms with Crippen molar-refractivity contribution in [3.63, 3.8) is 0 Å². The molecule has 1 aliphatic heterocycles. The number of halogens is 1. The summed E-state index contributed by atoms with van der Waals surface area (Å²) < 4.78 is 0.768. The molecule has 3 N–H and O–H groups in total. The summed E-state index contributed by atoms with van der Waals surface area (Å²) in [5.41, 5.74) is 5.98. The smallest absolute Gasteiger partial charge is 0.257 e. The molecule has 1 fully saturated rings. The van der Waals surface area contributed by atoms with Gasteiger partial charge in [-0.2, -0.15) is 0 Å². The number of phenols is 1. The zero-order chi connectivity index (χ0) is 15.6. The summed E-state index contributed by atoms with van der Waals surface area (Å²) in [6.45, 7) is 4.60. The van der Waals surface area contributed by atoms with Crippen LogP contribution in [-0.2, 0) is 0 Å². The molecule has 0 saturated carbocycles. The van der Waals surface area contributed by atoms with Crippen LogP contribution in [0.1, 0.15) is 17.3 Å². The number of hydrogen-bond donors (Lipinski definition) is 2. The molecule has 1 aromatic rings. The highest BCUT2D eigenvalue weighted by atomic mass is 79.9. The number of nitrogens with two attached hydrogens (primary N) is 1. The van der Waals surface area contributed by atoms with Crippen molar-refractivity contribution in [1.29, 1.82) is 0 Å². The van der Waals surface area contributed by atoms with Crippen molar-refractivity contribution in [3.8, 4) is 5.75 Å². The van der Waals surface area contributed by atoms with E-state index in [1.807, 2.05) is 6.92 Å². The first-order valence-corrected chi connectivity index (χ1v) is 7.91. The van der Waals surface area contributed by atoms with Crippen molar-refractivity contribution in [2.45, 2.75) is 13.0 Å². The fourth-order valence-electron chi connectivity index (χ4n) is 2.34. The lowest BCUT2D eigenvalue weighted by atomic mass is 10.1. The Hall–Kier alpha value is -1.18. The first kappa shape index (κ1) is 16.2. The lowest BCUT2D eigenvalue weighted by Crippen LogP contribution is -2.53. The van der Waals surface area contributed by atoms with Gasteiger partial charge in [-0.1, -0.05) is 28.1 Å². The quantitative estimate of drug-likeness (QED) is 0.789. The summed E-state index contributed by atoms with van der Waals surface area (Å²) in [5, 5.41) is 9.84. The Morgan fingerprint density at radius 2 is 2.00 bits per heavy atom. The Morgan fingerprint density at radius 3 is 2.57 bits per heavy atom. The molecule has 21 heavy (non-hydrogen) atoms. The van der Waals surface area contributed by atoms with Gasteiger partial charge in [0.05, 0.1) is 16.6 Å². The Morgan fingerprint density at radius 1 is 1.38 bits per heavy atom. The minimum Gasteiger partial charge on any atom is -0.507 e. The molecule has 1 amide bonds. The van der Waals surface area contributed by atoms with E-state index >= 15 is 0 Å². The summed E-state index contributed by atoms with van der Waals surface area (Å²) in [5.74, 6) is -0.154. The van der Waals surface area contributed by atoms with Gasteiger partial charge in [-0.15, -0.1) is 0 Å². The van der Waals surface area contributed by atoms with E-state index in [0.717, 1.165) is 17.6 Å². The normalized spacial score (nSPS) is 17.5. The third-order valence-corrected chi connectivity index (χ3v) is 4.58. The molecule has 0 aromatic heterocycles. The molecular formula is C14H18BrN3O2S. The van der Waals surface area contributed by atoms with Gasteiger partial charge >= 0.3 is 0 Å². The predicted molar refractivity (Wildman–Crippen MR) is 89.5 cm³/mol. The minimum absolute atomic E-state index is 0.00198. The second kappa shape index (κ2) is 6.72. The summed E-state index contributed by atoms with van der Waals surface area (Å²) in [6.07, 6.45) is 0. The number of piperazine rings is 1. The van der Waals surface area contributed by atoms with Gasteiger partial charge in [0.15, 0.2) is 0 Å². The van der Waals surface area contributed by atoms with Gasteiger partial charge in [0, 0.05) is 30.7 Å². The Kier molecular flexibility index (Phi) is 5.18. The number of amides is 1. The van der Waals surface area contributed by atoms with Crippen LogP contribution in [0.15, 0.2) is 22.7 Å². The van der Waals surface area contributed by atoms with Crippen LogP contribution in [0.5, 0.6) is 5.75 Å². The SMILES string of the molecule is CC(C(N)=S)N1CCN(C(=O)c2cc(Br)ccc2O)CC1. The highest BCUT2D eigenvalue weighted by Crippen LogP contribution is 2.24. The number of carbonyl (C=O) groups excluding carboxylic acids is 1. The van der Waals surface area contributed by atoms with E-state index in [9.17, 15) is 9.90 Å². The van der Waals surface area contributed by atoms with E-state index in [-0.39, 0.29) is 17.7 Å². The standard InChI is InChI=1S/C14H18BrN3O2S/c1-9(13(16)21)17-4-6-18(7-5-17)14(20)11-8-10(15)2-3-12(11)19/h2-3,8-9,19H,4-7H2,1H3,(H2,16,21). The number of nitrogens with zero attached hydrogens (tertiary/aromatic N) is 2.